The number of carboxylic acids is 1. The number of rotatable bonds is 4. The van der Waals surface area contributed by atoms with Gasteiger partial charge < -0.3 is 14.9 Å². The molecular formula is C7H12O4. The average Bonchev–Trinajstić information content (AvgIpc) is 2.68. The van der Waals surface area contributed by atoms with E-state index in [0.29, 0.717) is 0 Å². The van der Waals surface area contributed by atoms with Crippen LogP contribution in [0.15, 0.2) is 0 Å². The summed E-state index contributed by atoms with van der Waals surface area (Å²) in [5.41, 5.74) is -1.64. The van der Waals surface area contributed by atoms with Gasteiger partial charge >= 0.3 is 5.97 Å². The van der Waals surface area contributed by atoms with Crippen molar-refractivity contribution in [3.63, 3.8) is 0 Å². The van der Waals surface area contributed by atoms with E-state index in [-0.39, 0.29) is 12.5 Å². The predicted octanol–water partition coefficient (Wildman–Crippen LogP) is -0.142. The van der Waals surface area contributed by atoms with Crippen LogP contribution in [0, 0.1) is 5.92 Å². The lowest BCUT2D eigenvalue weighted by Crippen LogP contribution is -2.45. The third-order valence-corrected chi connectivity index (χ3v) is 1.99. The van der Waals surface area contributed by atoms with Crippen molar-refractivity contribution in [3.05, 3.63) is 0 Å². The number of hydrogen-bond acceptors (Lipinski definition) is 3. The summed E-state index contributed by atoms with van der Waals surface area (Å²) in [4.78, 5) is 10.6. The van der Waals surface area contributed by atoms with Crippen LogP contribution in [-0.4, -0.2) is 35.5 Å². The molecule has 0 heterocycles. The lowest BCUT2D eigenvalue weighted by Gasteiger charge is -2.21. The van der Waals surface area contributed by atoms with E-state index in [2.05, 4.69) is 4.74 Å². The van der Waals surface area contributed by atoms with Gasteiger partial charge in [-0.15, -0.1) is 0 Å². The van der Waals surface area contributed by atoms with Crippen LogP contribution in [0.5, 0.6) is 0 Å². The van der Waals surface area contributed by atoms with Gasteiger partial charge in [-0.25, -0.2) is 4.79 Å². The fourth-order valence-electron chi connectivity index (χ4n) is 1.14. The van der Waals surface area contributed by atoms with E-state index < -0.39 is 11.6 Å². The van der Waals surface area contributed by atoms with E-state index in [9.17, 15) is 9.90 Å². The van der Waals surface area contributed by atoms with E-state index in [0.717, 1.165) is 12.8 Å². The van der Waals surface area contributed by atoms with Crippen molar-refractivity contribution in [1.82, 2.24) is 0 Å². The lowest BCUT2D eigenvalue weighted by molar-refractivity contribution is -0.167. The van der Waals surface area contributed by atoms with E-state index in [4.69, 9.17) is 5.11 Å². The second-order valence-electron chi connectivity index (χ2n) is 2.94. The zero-order chi connectivity index (χ0) is 8.48. The maximum absolute atomic E-state index is 10.6. The molecule has 1 unspecified atom stereocenters. The van der Waals surface area contributed by atoms with Crippen molar-refractivity contribution < 1.29 is 19.7 Å². The normalized spacial score (nSPS) is 22.7. The average molecular weight is 160 g/mol. The van der Waals surface area contributed by atoms with Crippen molar-refractivity contribution in [1.29, 1.82) is 0 Å². The van der Waals surface area contributed by atoms with Crippen molar-refractivity contribution in [2.45, 2.75) is 18.4 Å². The van der Waals surface area contributed by atoms with Crippen LogP contribution in [0.1, 0.15) is 12.8 Å². The Kier molecular flexibility index (Phi) is 2.15. The molecule has 0 aromatic heterocycles. The zero-order valence-corrected chi connectivity index (χ0v) is 6.41. The number of hydrogen-bond donors (Lipinski definition) is 2. The van der Waals surface area contributed by atoms with Gasteiger partial charge in [0.2, 0.25) is 0 Å². The molecule has 1 atom stereocenters. The maximum Gasteiger partial charge on any atom is 0.338 e. The fraction of sp³-hybridized carbons (Fsp3) is 0.857. The summed E-state index contributed by atoms with van der Waals surface area (Å²) in [5.74, 6) is -1.29. The molecule has 1 saturated carbocycles. The number of carbonyl (C=O) groups is 1. The minimum Gasteiger partial charge on any atom is -0.479 e. The Balaban J connectivity index is 2.61. The molecule has 1 fully saturated rings. The van der Waals surface area contributed by atoms with E-state index in [1.807, 2.05) is 0 Å². The van der Waals surface area contributed by atoms with Crippen LogP contribution in [0.3, 0.4) is 0 Å². The SMILES string of the molecule is COCC(O)(C(=O)O)C1CC1. The van der Waals surface area contributed by atoms with Gasteiger partial charge in [0.05, 0.1) is 6.61 Å². The van der Waals surface area contributed by atoms with E-state index in [1.165, 1.54) is 7.11 Å². The Labute approximate surface area is 64.8 Å². The van der Waals surface area contributed by atoms with Crippen molar-refractivity contribution in [2.24, 2.45) is 5.92 Å². The van der Waals surface area contributed by atoms with Crippen molar-refractivity contribution >= 4 is 5.97 Å². The summed E-state index contributed by atoms with van der Waals surface area (Å²) in [6.45, 7) is -0.118. The van der Waals surface area contributed by atoms with Crippen LogP contribution < -0.4 is 0 Å². The molecule has 0 aromatic rings. The quantitative estimate of drug-likeness (QED) is 0.600. The summed E-state index contributed by atoms with van der Waals surface area (Å²) in [7, 11) is 1.39. The third kappa shape index (κ3) is 1.52. The molecule has 1 aliphatic carbocycles. The van der Waals surface area contributed by atoms with E-state index >= 15 is 0 Å². The first kappa shape index (κ1) is 8.49. The molecule has 4 nitrogen and oxygen atoms in total. The molecule has 1 rings (SSSR count). The molecule has 0 saturated heterocycles. The summed E-state index contributed by atoms with van der Waals surface area (Å²) in [5, 5.41) is 18.1. The number of ether oxygens (including phenoxy) is 1. The number of carboxylic acid groups (broad SMARTS) is 1. The molecule has 1 aliphatic rings. The Hall–Kier alpha value is -0.610. The molecule has 0 amide bonds. The zero-order valence-electron chi connectivity index (χ0n) is 6.41. The van der Waals surface area contributed by atoms with E-state index in [1.54, 1.807) is 0 Å². The topological polar surface area (TPSA) is 66.8 Å². The number of aliphatic hydroxyl groups is 1. The largest absolute Gasteiger partial charge is 0.479 e. The monoisotopic (exact) mass is 160 g/mol. The summed E-state index contributed by atoms with van der Waals surface area (Å²) < 4.78 is 4.64. The minimum absolute atomic E-state index is 0.111. The summed E-state index contributed by atoms with van der Waals surface area (Å²) in [6, 6.07) is 0. The minimum atomic E-state index is -1.64. The molecule has 64 valence electrons. The maximum atomic E-state index is 10.6. The van der Waals surface area contributed by atoms with Crippen LogP contribution in [-0.2, 0) is 9.53 Å². The summed E-state index contributed by atoms with van der Waals surface area (Å²) in [6.07, 6.45) is 1.57. The highest BCUT2D eigenvalue weighted by Crippen LogP contribution is 2.39. The molecule has 2 N–H and O–H groups in total. The van der Waals surface area contributed by atoms with Gasteiger partial charge in [-0.1, -0.05) is 0 Å². The third-order valence-electron chi connectivity index (χ3n) is 1.99. The van der Waals surface area contributed by atoms with Gasteiger partial charge in [-0.3, -0.25) is 0 Å². The second-order valence-corrected chi connectivity index (χ2v) is 2.94. The van der Waals surface area contributed by atoms with Crippen molar-refractivity contribution in [3.8, 4) is 0 Å². The number of aliphatic carboxylic acids is 1. The number of methoxy groups -OCH3 is 1. The standard InChI is InChI=1S/C7H12O4/c1-11-4-7(10,6(8)9)5-2-3-5/h5,10H,2-4H2,1H3,(H,8,9). The van der Waals surface area contributed by atoms with Gasteiger partial charge in [-0.2, -0.15) is 0 Å². The lowest BCUT2D eigenvalue weighted by atomic mass is 10.00. The predicted molar refractivity (Wildman–Crippen MR) is 37.2 cm³/mol. The van der Waals surface area contributed by atoms with Gasteiger partial charge in [0, 0.05) is 13.0 Å². The first-order valence-corrected chi connectivity index (χ1v) is 3.56. The smallest absolute Gasteiger partial charge is 0.338 e. The Morgan fingerprint density at radius 3 is 2.55 bits per heavy atom. The molecule has 11 heavy (non-hydrogen) atoms. The Morgan fingerprint density at radius 1 is 1.73 bits per heavy atom. The van der Waals surface area contributed by atoms with Gasteiger partial charge in [0.25, 0.3) is 0 Å². The van der Waals surface area contributed by atoms with Crippen molar-refractivity contribution in [2.75, 3.05) is 13.7 Å². The molecule has 0 aliphatic heterocycles. The first-order valence-electron chi connectivity index (χ1n) is 3.56. The highest BCUT2D eigenvalue weighted by atomic mass is 16.5. The summed E-state index contributed by atoms with van der Waals surface area (Å²) >= 11 is 0. The molecule has 4 heteroatoms. The van der Waals surface area contributed by atoms with Gasteiger partial charge in [-0.05, 0) is 12.8 Å². The second kappa shape index (κ2) is 2.79. The van der Waals surface area contributed by atoms with Crippen LogP contribution in [0.4, 0.5) is 0 Å². The Morgan fingerprint density at radius 2 is 2.27 bits per heavy atom. The van der Waals surface area contributed by atoms with Gasteiger partial charge in [0.1, 0.15) is 0 Å². The first-order chi connectivity index (χ1) is 5.11. The van der Waals surface area contributed by atoms with Crippen LogP contribution in [0.25, 0.3) is 0 Å². The molecule has 0 spiro atoms. The highest BCUT2D eigenvalue weighted by molar-refractivity contribution is 5.78. The fourth-order valence-corrected chi connectivity index (χ4v) is 1.14. The molecule has 0 aromatic carbocycles. The molecule has 0 radical (unpaired) electrons. The van der Waals surface area contributed by atoms with Gasteiger partial charge in [0.15, 0.2) is 5.60 Å². The Bertz CT molecular complexity index is 164. The van der Waals surface area contributed by atoms with Crippen LogP contribution in [0.2, 0.25) is 0 Å². The van der Waals surface area contributed by atoms with Crippen LogP contribution >= 0.6 is 0 Å². The highest BCUT2D eigenvalue weighted by Gasteiger charge is 2.50. The molecule has 0 bridgehead atoms. The molecular weight excluding hydrogens is 148 g/mol.